The second-order valence-corrected chi connectivity index (χ2v) is 7.51. The highest BCUT2D eigenvalue weighted by Gasteiger charge is 2.23. The van der Waals surface area contributed by atoms with E-state index in [1.165, 1.54) is 0 Å². The quantitative estimate of drug-likeness (QED) is 0.528. The molecule has 0 atom stereocenters. The first-order chi connectivity index (χ1) is 14.1. The van der Waals surface area contributed by atoms with E-state index in [9.17, 15) is 4.79 Å². The summed E-state index contributed by atoms with van der Waals surface area (Å²) in [4.78, 5) is 22.7. The van der Waals surface area contributed by atoms with Crippen molar-refractivity contribution in [1.82, 2.24) is 24.6 Å². The number of nitrogen functional groups attached to an aromatic ring is 1. The summed E-state index contributed by atoms with van der Waals surface area (Å²) < 4.78 is 1.91. The number of anilines is 1. The van der Waals surface area contributed by atoms with Gasteiger partial charge in [-0.2, -0.15) is 5.10 Å². The van der Waals surface area contributed by atoms with Crippen molar-refractivity contribution in [2.75, 3.05) is 12.3 Å². The van der Waals surface area contributed by atoms with Crippen molar-refractivity contribution in [3.8, 4) is 11.4 Å². The average Bonchev–Trinajstić information content (AvgIpc) is 3.04. The molecule has 0 spiro atoms. The van der Waals surface area contributed by atoms with E-state index in [-0.39, 0.29) is 5.56 Å². The van der Waals surface area contributed by atoms with Gasteiger partial charge in [0.2, 0.25) is 0 Å². The molecule has 0 radical (unpaired) electrons. The summed E-state index contributed by atoms with van der Waals surface area (Å²) >= 11 is 0. The standard InChI is InChI=1S/C22H22N6O/c1-27-20-5-3-2-4-16(20)19(26-27)13-28-11-10-18-17(12-28)22(29)25-21(24-18)14-6-8-15(23)9-7-14/h2-9H,10-13,23H2,1H3,(H,24,25,29). The molecule has 0 bridgehead atoms. The molecule has 3 N–H and O–H groups in total. The number of aryl methyl sites for hydroxylation is 1. The normalized spacial score (nSPS) is 14.2. The highest BCUT2D eigenvalue weighted by molar-refractivity contribution is 5.81. The van der Waals surface area contributed by atoms with E-state index in [2.05, 4.69) is 27.1 Å². The molecular formula is C22H22N6O. The van der Waals surface area contributed by atoms with Crippen LogP contribution in [0.25, 0.3) is 22.3 Å². The molecule has 2 aromatic heterocycles. The average molecular weight is 386 g/mol. The fraction of sp³-hybridized carbons (Fsp3) is 0.227. The van der Waals surface area contributed by atoms with Crippen LogP contribution in [0.15, 0.2) is 53.3 Å². The lowest BCUT2D eigenvalue weighted by Crippen LogP contribution is -2.35. The number of hydrogen-bond donors (Lipinski definition) is 2. The Bertz CT molecular complexity index is 1250. The van der Waals surface area contributed by atoms with Crippen LogP contribution < -0.4 is 11.3 Å². The first-order valence-electron chi connectivity index (χ1n) is 9.69. The molecular weight excluding hydrogens is 364 g/mol. The van der Waals surface area contributed by atoms with Crippen molar-refractivity contribution >= 4 is 16.6 Å². The summed E-state index contributed by atoms with van der Waals surface area (Å²) in [5.41, 5.74) is 11.0. The van der Waals surface area contributed by atoms with E-state index in [1.807, 2.05) is 48.1 Å². The van der Waals surface area contributed by atoms with E-state index in [0.717, 1.165) is 46.4 Å². The van der Waals surface area contributed by atoms with Gasteiger partial charge in [0.1, 0.15) is 5.82 Å². The molecule has 2 aromatic carbocycles. The second-order valence-electron chi connectivity index (χ2n) is 7.51. The lowest BCUT2D eigenvalue weighted by atomic mass is 10.1. The van der Waals surface area contributed by atoms with Crippen LogP contribution >= 0.6 is 0 Å². The van der Waals surface area contributed by atoms with Gasteiger partial charge in [-0.3, -0.25) is 14.4 Å². The summed E-state index contributed by atoms with van der Waals surface area (Å²) in [5, 5.41) is 5.85. The van der Waals surface area contributed by atoms with Gasteiger partial charge in [0, 0.05) is 49.7 Å². The molecule has 1 aliphatic heterocycles. The Labute approximate surface area is 167 Å². The van der Waals surface area contributed by atoms with E-state index in [0.29, 0.717) is 24.6 Å². The number of rotatable bonds is 3. The zero-order valence-corrected chi connectivity index (χ0v) is 16.2. The molecule has 0 aliphatic carbocycles. The first kappa shape index (κ1) is 17.6. The summed E-state index contributed by atoms with van der Waals surface area (Å²) in [6.07, 6.45) is 0.742. The van der Waals surface area contributed by atoms with Gasteiger partial charge in [-0.1, -0.05) is 18.2 Å². The molecule has 0 saturated carbocycles. The van der Waals surface area contributed by atoms with Gasteiger partial charge in [0.05, 0.1) is 22.5 Å². The molecule has 0 fully saturated rings. The minimum atomic E-state index is -0.0718. The lowest BCUT2D eigenvalue weighted by molar-refractivity contribution is 0.239. The largest absolute Gasteiger partial charge is 0.399 e. The Kier molecular flexibility index (Phi) is 4.17. The van der Waals surface area contributed by atoms with Crippen molar-refractivity contribution < 1.29 is 0 Å². The van der Waals surface area contributed by atoms with Gasteiger partial charge in [0.15, 0.2) is 0 Å². The molecule has 7 heteroatoms. The maximum Gasteiger partial charge on any atom is 0.255 e. The molecule has 0 unspecified atom stereocenters. The number of aromatic amines is 1. The van der Waals surface area contributed by atoms with Crippen LogP contribution in [0.5, 0.6) is 0 Å². The molecule has 29 heavy (non-hydrogen) atoms. The van der Waals surface area contributed by atoms with E-state index < -0.39 is 0 Å². The number of aromatic nitrogens is 4. The molecule has 3 heterocycles. The van der Waals surface area contributed by atoms with Crippen molar-refractivity contribution in [2.45, 2.75) is 19.5 Å². The van der Waals surface area contributed by atoms with Crippen LogP contribution in [0.1, 0.15) is 17.0 Å². The molecule has 5 rings (SSSR count). The highest BCUT2D eigenvalue weighted by atomic mass is 16.1. The zero-order valence-electron chi connectivity index (χ0n) is 16.2. The van der Waals surface area contributed by atoms with Crippen molar-refractivity contribution in [3.05, 3.63) is 75.8 Å². The van der Waals surface area contributed by atoms with Crippen molar-refractivity contribution in [1.29, 1.82) is 0 Å². The van der Waals surface area contributed by atoms with Gasteiger partial charge in [-0.15, -0.1) is 0 Å². The van der Waals surface area contributed by atoms with Crippen LogP contribution in [0, 0.1) is 0 Å². The first-order valence-corrected chi connectivity index (χ1v) is 9.69. The Morgan fingerprint density at radius 3 is 2.76 bits per heavy atom. The predicted octanol–water partition coefficient (Wildman–Crippen LogP) is 2.46. The van der Waals surface area contributed by atoms with E-state index >= 15 is 0 Å². The summed E-state index contributed by atoms with van der Waals surface area (Å²) in [6.45, 7) is 2.13. The Hall–Kier alpha value is -3.45. The SMILES string of the molecule is Cn1nc(CN2CCc3nc(-c4ccc(N)cc4)[nH]c(=O)c3C2)c2ccccc21. The zero-order chi connectivity index (χ0) is 20.0. The van der Waals surface area contributed by atoms with Crippen LogP contribution in [-0.4, -0.2) is 31.2 Å². The molecule has 4 aromatic rings. The fourth-order valence-corrected chi connectivity index (χ4v) is 4.01. The topological polar surface area (TPSA) is 92.8 Å². The molecule has 0 amide bonds. The smallest absolute Gasteiger partial charge is 0.255 e. The predicted molar refractivity (Wildman–Crippen MR) is 113 cm³/mol. The molecule has 0 saturated heterocycles. The van der Waals surface area contributed by atoms with Crippen molar-refractivity contribution in [2.24, 2.45) is 7.05 Å². The number of nitrogens with one attached hydrogen (secondary N) is 1. The van der Waals surface area contributed by atoms with Crippen molar-refractivity contribution in [3.63, 3.8) is 0 Å². The number of para-hydroxylation sites is 1. The minimum absolute atomic E-state index is 0.0718. The summed E-state index contributed by atoms with van der Waals surface area (Å²) in [7, 11) is 1.96. The monoisotopic (exact) mass is 386 g/mol. The third-order valence-corrected chi connectivity index (χ3v) is 5.54. The molecule has 1 aliphatic rings. The van der Waals surface area contributed by atoms with Gasteiger partial charge in [-0.25, -0.2) is 4.98 Å². The Balaban J connectivity index is 1.42. The Morgan fingerprint density at radius 1 is 1.14 bits per heavy atom. The third kappa shape index (κ3) is 3.19. The number of hydrogen-bond acceptors (Lipinski definition) is 5. The number of H-pyrrole nitrogens is 1. The highest BCUT2D eigenvalue weighted by Crippen LogP contribution is 2.23. The van der Waals surface area contributed by atoms with E-state index in [4.69, 9.17) is 10.7 Å². The van der Waals surface area contributed by atoms with Gasteiger partial charge in [-0.05, 0) is 30.3 Å². The van der Waals surface area contributed by atoms with Gasteiger partial charge >= 0.3 is 0 Å². The lowest BCUT2D eigenvalue weighted by Gasteiger charge is -2.27. The maximum atomic E-state index is 12.8. The number of fused-ring (bicyclic) bond motifs is 2. The molecule has 7 nitrogen and oxygen atoms in total. The molecule has 146 valence electrons. The van der Waals surface area contributed by atoms with Crippen LogP contribution in [-0.2, 0) is 26.6 Å². The fourth-order valence-electron chi connectivity index (χ4n) is 4.01. The summed E-state index contributed by atoms with van der Waals surface area (Å²) in [6, 6.07) is 15.6. The number of nitrogens with zero attached hydrogens (tertiary/aromatic N) is 4. The summed E-state index contributed by atoms with van der Waals surface area (Å²) in [5.74, 6) is 0.595. The van der Waals surface area contributed by atoms with Crippen LogP contribution in [0.3, 0.4) is 0 Å². The Morgan fingerprint density at radius 2 is 1.93 bits per heavy atom. The minimum Gasteiger partial charge on any atom is -0.399 e. The maximum absolute atomic E-state index is 12.8. The number of nitrogens with two attached hydrogens (primary N) is 1. The van der Waals surface area contributed by atoms with Crippen LogP contribution in [0.2, 0.25) is 0 Å². The van der Waals surface area contributed by atoms with E-state index in [1.54, 1.807) is 0 Å². The second kappa shape index (κ2) is 6.86. The van der Waals surface area contributed by atoms with Gasteiger partial charge in [0.25, 0.3) is 5.56 Å². The van der Waals surface area contributed by atoms with Crippen LogP contribution in [0.4, 0.5) is 5.69 Å². The number of benzene rings is 2. The van der Waals surface area contributed by atoms with Gasteiger partial charge < -0.3 is 10.7 Å². The third-order valence-electron chi connectivity index (χ3n) is 5.54.